The minimum absolute atomic E-state index is 0.0464. The van der Waals surface area contributed by atoms with E-state index in [1.807, 2.05) is 0 Å². The second kappa shape index (κ2) is 7.29. The lowest BCUT2D eigenvalue weighted by Gasteiger charge is -2.19. The van der Waals surface area contributed by atoms with Gasteiger partial charge in [-0.15, -0.1) is 0 Å². The number of pyridine rings is 1. The maximum atomic E-state index is 12.6. The molecule has 0 aliphatic rings. The predicted molar refractivity (Wildman–Crippen MR) is 84.6 cm³/mol. The number of amides is 1. The average Bonchev–Trinajstić information content (AvgIpc) is 2.55. The van der Waals surface area contributed by atoms with E-state index in [1.165, 1.54) is 0 Å². The summed E-state index contributed by atoms with van der Waals surface area (Å²) in [6, 6.07) is 7.70. The number of halogens is 3. The molecule has 0 saturated heterocycles. The largest absolute Gasteiger partial charge is 0.482 e. The molecule has 1 aromatic heterocycles. The van der Waals surface area contributed by atoms with Crippen molar-refractivity contribution in [3.05, 3.63) is 64.1 Å². The monoisotopic (exact) mass is 355 g/mol. The quantitative estimate of drug-likeness (QED) is 0.801. The zero-order chi connectivity index (χ0) is 18.6. The van der Waals surface area contributed by atoms with Gasteiger partial charge in [-0.2, -0.15) is 13.2 Å². The molecule has 0 aliphatic carbocycles. The minimum Gasteiger partial charge on any atom is -0.482 e. The van der Waals surface area contributed by atoms with E-state index in [4.69, 9.17) is 10.6 Å². The smallest absolute Gasteiger partial charge is 0.408 e. The lowest BCUT2D eigenvalue weighted by molar-refractivity contribution is -0.149. The molecule has 1 amide bonds. The van der Waals surface area contributed by atoms with E-state index < -0.39 is 35.0 Å². The van der Waals surface area contributed by atoms with Crippen molar-refractivity contribution in [2.75, 3.05) is 5.84 Å². The Bertz CT molecular complexity index is 804. The van der Waals surface area contributed by atoms with Crippen molar-refractivity contribution < 1.29 is 22.7 Å². The van der Waals surface area contributed by atoms with Gasteiger partial charge in [-0.3, -0.25) is 14.3 Å². The molecular weight excluding hydrogens is 339 g/mol. The molecule has 6 nitrogen and oxygen atoms in total. The number of hydrogen-bond donors (Lipinski definition) is 2. The van der Waals surface area contributed by atoms with Crippen LogP contribution in [0, 0.1) is 0 Å². The molecule has 0 spiro atoms. The fourth-order valence-corrected chi connectivity index (χ4v) is 1.97. The number of nitrogens with one attached hydrogen (secondary N) is 1. The standard InChI is InChI=1S/C16H16F3N3O3/c1-10(16(17,18)19)21-15(24)13-14(12(23)7-8-22(13)20)25-9-11-5-3-2-4-6-11/h2-8,10H,9,20H2,1H3,(H,21,24)/t10-/m1/s1. The van der Waals surface area contributed by atoms with Crippen LogP contribution in [0.25, 0.3) is 0 Å². The van der Waals surface area contributed by atoms with Crippen molar-refractivity contribution >= 4 is 5.91 Å². The van der Waals surface area contributed by atoms with Crippen LogP contribution < -0.4 is 21.3 Å². The molecular formula is C16H16F3N3O3. The first kappa shape index (κ1) is 18.4. The predicted octanol–water partition coefficient (Wildman–Crippen LogP) is 1.82. The molecule has 1 atom stereocenters. The van der Waals surface area contributed by atoms with Crippen LogP contribution in [0.1, 0.15) is 23.0 Å². The lowest BCUT2D eigenvalue weighted by Crippen LogP contribution is -2.44. The van der Waals surface area contributed by atoms with E-state index in [1.54, 1.807) is 35.6 Å². The highest BCUT2D eigenvalue weighted by atomic mass is 19.4. The zero-order valence-electron chi connectivity index (χ0n) is 13.2. The van der Waals surface area contributed by atoms with Crippen LogP contribution in [0.3, 0.4) is 0 Å². The van der Waals surface area contributed by atoms with Crippen LogP contribution in [-0.4, -0.2) is 22.8 Å². The van der Waals surface area contributed by atoms with Gasteiger partial charge in [0.2, 0.25) is 5.43 Å². The second-order valence-electron chi connectivity index (χ2n) is 5.28. The number of hydrogen-bond acceptors (Lipinski definition) is 4. The van der Waals surface area contributed by atoms with Gasteiger partial charge in [0.25, 0.3) is 5.91 Å². The van der Waals surface area contributed by atoms with E-state index in [0.29, 0.717) is 5.56 Å². The molecule has 0 unspecified atom stereocenters. The van der Waals surface area contributed by atoms with E-state index in [2.05, 4.69) is 0 Å². The van der Waals surface area contributed by atoms with E-state index in [-0.39, 0.29) is 6.61 Å². The Kier molecular flexibility index (Phi) is 5.35. The molecule has 0 radical (unpaired) electrons. The Morgan fingerprint density at radius 2 is 1.92 bits per heavy atom. The minimum atomic E-state index is -4.63. The number of benzene rings is 1. The zero-order valence-corrected chi connectivity index (χ0v) is 13.2. The van der Waals surface area contributed by atoms with Crippen molar-refractivity contribution in [3.8, 4) is 5.75 Å². The van der Waals surface area contributed by atoms with E-state index in [0.717, 1.165) is 23.9 Å². The summed E-state index contributed by atoms with van der Waals surface area (Å²) < 4.78 is 44.0. The molecule has 0 saturated carbocycles. The SMILES string of the molecule is C[C@@H](NC(=O)c1c(OCc2ccccc2)c(=O)ccn1N)C(F)(F)F. The highest BCUT2D eigenvalue weighted by molar-refractivity contribution is 5.95. The fraction of sp³-hybridized carbons (Fsp3) is 0.250. The third kappa shape index (κ3) is 4.52. The lowest BCUT2D eigenvalue weighted by atomic mass is 10.2. The van der Waals surface area contributed by atoms with Crippen molar-refractivity contribution in [2.24, 2.45) is 0 Å². The number of carbonyl (C=O) groups is 1. The van der Waals surface area contributed by atoms with Gasteiger partial charge >= 0.3 is 6.18 Å². The van der Waals surface area contributed by atoms with Crippen molar-refractivity contribution in [1.82, 2.24) is 9.99 Å². The Labute approximate surface area is 141 Å². The van der Waals surface area contributed by atoms with Gasteiger partial charge < -0.3 is 15.9 Å². The van der Waals surface area contributed by atoms with Gasteiger partial charge in [0.15, 0.2) is 11.4 Å². The van der Waals surface area contributed by atoms with Gasteiger partial charge in [0, 0.05) is 12.3 Å². The molecule has 2 aromatic rings. The number of nitrogen functional groups attached to an aromatic ring is 1. The fourth-order valence-electron chi connectivity index (χ4n) is 1.97. The van der Waals surface area contributed by atoms with Gasteiger partial charge in [-0.05, 0) is 12.5 Å². The van der Waals surface area contributed by atoms with Crippen LogP contribution in [0.15, 0.2) is 47.4 Å². The van der Waals surface area contributed by atoms with E-state index >= 15 is 0 Å². The van der Waals surface area contributed by atoms with Crippen molar-refractivity contribution in [2.45, 2.75) is 25.7 Å². The average molecular weight is 355 g/mol. The molecule has 9 heteroatoms. The van der Waals surface area contributed by atoms with Crippen LogP contribution >= 0.6 is 0 Å². The number of nitrogens with zero attached hydrogens (tertiary/aromatic N) is 1. The summed E-state index contributed by atoms with van der Waals surface area (Å²) >= 11 is 0. The highest BCUT2D eigenvalue weighted by Crippen LogP contribution is 2.21. The number of ether oxygens (including phenoxy) is 1. The molecule has 3 N–H and O–H groups in total. The highest BCUT2D eigenvalue weighted by Gasteiger charge is 2.38. The first-order valence-corrected chi connectivity index (χ1v) is 7.25. The topological polar surface area (TPSA) is 86.3 Å². The second-order valence-corrected chi connectivity index (χ2v) is 5.28. The maximum absolute atomic E-state index is 12.6. The summed E-state index contributed by atoms with van der Waals surface area (Å²) in [5.74, 6) is 4.03. The molecule has 2 rings (SSSR count). The molecule has 0 fully saturated rings. The molecule has 0 bridgehead atoms. The molecule has 25 heavy (non-hydrogen) atoms. The summed E-state index contributed by atoms with van der Waals surface area (Å²) in [5.41, 5.74) is -0.439. The number of nitrogens with two attached hydrogens (primary N) is 1. The molecule has 1 aromatic carbocycles. The number of aromatic nitrogens is 1. The molecule has 134 valence electrons. The first-order valence-electron chi connectivity index (χ1n) is 7.25. The van der Waals surface area contributed by atoms with Gasteiger partial charge in [-0.25, -0.2) is 0 Å². The Morgan fingerprint density at radius 3 is 2.52 bits per heavy atom. The normalized spacial score (nSPS) is 12.5. The Balaban J connectivity index is 2.29. The van der Waals surface area contributed by atoms with Crippen LogP contribution in [-0.2, 0) is 6.61 Å². The number of alkyl halides is 3. The van der Waals surface area contributed by atoms with Crippen molar-refractivity contribution in [3.63, 3.8) is 0 Å². The summed E-state index contributed by atoms with van der Waals surface area (Å²) in [7, 11) is 0. The molecule has 0 aliphatic heterocycles. The summed E-state index contributed by atoms with van der Waals surface area (Å²) in [6.45, 7) is 0.736. The van der Waals surface area contributed by atoms with Crippen molar-refractivity contribution in [1.29, 1.82) is 0 Å². The van der Waals surface area contributed by atoms with Gasteiger partial charge in [0.05, 0.1) is 0 Å². The van der Waals surface area contributed by atoms with Gasteiger partial charge in [-0.1, -0.05) is 30.3 Å². The summed E-state index contributed by atoms with van der Waals surface area (Å²) in [5, 5.41) is 1.76. The molecule has 1 heterocycles. The maximum Gasteiger partial charge on any atom is 0.408 e. The Morgan fingerprint density at radius 1 is 1.28 bits per heavy atom. The van der Waals surface area contributed by atoms with Gasteiger partial charge in [0.1, 0.15) is 12.6 Å². The number of rotatable bonds is 5. The first-order chi connectivity index (χ1) is 11.7. The van der Waals surface area contributed by atoms with Crippen LogP contribution in [0.2, 0.25) is 0 Å². The number of carbonyl (C=O) groups excluding carboxylic acids is 1. The van der Waals surface area contributed by atoms with Crippen LogP contribution in [0.5, 0.6) is 5.75 Å². The summed E-state index contributed by atoms with van der Waals surface area (Å²) in [4.78, 5) is 24.2. The third-order valence-corrected chi connectivity index (χ3v) is 3.36. The van der Waals surface area contributed by atoms with E-state index in [9.17, 15) is 22.8 Å². The summed E-state index contributed by atoms with van der Waals surface area (Å²) in [6.07, 6.45) is -3.56. The Hall–Kier alpha value is -2.97. The third-order valence-electron chi connectivity index (χ3n) is 3.36. The van der Waals surface area contributed by atoms with Crippen LogP contribution in [0.4, 0.5) is 13.2 Å².